The van der Waals surface area contributed by atoms with Gasteiger partial charge in [0.2, 0.25) is 5.91 Å². The maximum Gasteiger partial charge on any atom is 0.242 e. The predicted octanol–water partition coefficient (Wildman–Crippen LogP) is 2.70. The number of benzene rings is 1. The van der Waals surface area contributed by atoms with Gasteiger partial charge in [-0.1, -0.05) is 6.07 Å². The summed E-state index contributed by atoms with van der Waals surface area (Å²) < 4.78 is 13.2. The van der Waals surface area contributed by atoms with Gasteiger partial charge in [-0.15, -0.1) is 11.6 Å². The Hall–Kier alpha value is -1.09. The van der Waals surface area contributed by atoms with E-state index in [9.17, 15) is 9.18 Å². The maximum atomic E-state index is 13.2. The molecule has 4 heteroatoms. The highest BCUT2D eigenvalue weighted by molar-refractivity contribution is 6.32. The Bertz CT molecular complexity index is 352. The molecule has 0 aromatic heterocycles. The van der Waals surface area contributed by atoms with Crippen molar-refractivity contribution < 1.29 is 9.18 Å². The van der Waals surface area contributed by atoms with Crippen LogP contribution in [0.4, 0.5) is 10.1 Å². The molecule has 1 rings (SSSR count). The van der Waals surface area contributed by atoms with Crippen LogP contribution in [0, 0.1) is 12.7 Å². The molecular weight excluding hydrogens is 205 g/mol. The van der Waals surface area contributed by atoms with Crippen LogP contribution in [0.25, 0.3) is 0 Å². The minimum Gasteiger partial charge on any atom is -0.322 e. The van der Waals surface area contributed by atoms with Crippen LogP contribution in [0.1, 0.15) is 12.5 Å². The van der Waals surface area contributed by atoms with Gasteiger partial charge in [0.1, 0.15) is 11.2 Å². The fraction of sp³-hybridized carbons (Fsp3) is 0.300. The second kappa shape index (κ2) is 4.42. The van der Waals surface area contributed by atoms with Gasteiger partial charge in [-0.25, -0.2) is 4.39 Å². The zero-order valence-corrected chi connectivity index (χ0v) is 8.73. The quantitative estimate of drug-likeness (QED) is 0.756. The first-order valence-corrected chi connectivity index (χ1v) is 4.65. The van der Waals surface area contributed by atoms with E-state index in [-0.39, 0.29) is 5.69 Å². The summed E-state index contributed by atoms with van der Waals surface area (Å²) in [4.78, 5) is 11.1. The van der Waals surface area contributed by atoms with Crippen molar-refractivity contribution in [1.29, 1.82) is 0 Å². The second-order valence-electron chi connectivity index (χ2n) is 3.09. The molecule has 0 spiro atoms. The van der Waals surface area contributed by atoms with E-state index in [0.717, 1.165) is 5.56 Å². The molecule has 1 aromatic carbocycles. The average Bonchev–Trinajstić information content (AvgIpc) is 2.09. The summed E-state index contributed by atoms with van der Waals surface area (Å²) in [6, 6.07) is 4.59. The van der Waals surface area contributed by atoms with E-state index in [1.807, 2.05) is 0 Å². The van der Waals surface area contributed by atoms with Gasteiger partial charge < -0.3 is 5.32 Å². The maximum absolute atomic E-state index is 13.2. The Morgan fingerprint density at radius 1 is 1.57 bits per heavy atom. The van der Waals surface area contributed by atoms with Crippen molar-refractivity contribution in [3.05, 3.63) is 29.6 Å². The number of hydrogen-bond donors (Lipinski definition) is 1. The molecule has 0 aliphatic rings. The number of hydrogen-bond acceptors (Lipinski definition) is 1. The Morgan fingerprint density at radius 3 is 2.71 bits per heavy atom. The average molecular weight is 216 g/mol. The molecule has 0 aliphatic carbocycles. The van der Waals surface area contributed by atoms with Crippen LogP contribution in [0.15, 0.2) is 18.2 Å². The molecule has 0 saturated carbocycles. The molecule has 2 nitrogen and oxygen atoms in total. The molecule has 0 heterocycles. The largest absolute Gasteiger partial charge is 0.322 e. The first kappa shape index (κ1) is 11.0. The molecular formula is C10H11ClFNO. The van der Waals surface area contributed by atoms with Crippen LogP contribution in [0.5, 0.6) is 0 Å². The number of amides is 1. The highest BCUT2D eigenvalue weighted by Gasteiger charge is 2.11. The molecule has 0 saturated heterocycles. The van der Waals surface area contributed by atoms with E-state index in [1.54, 1.807) is 13.0 Å². The van der Waals surface area contributed by atoms with Gasteiger partial charge in [-0.05, 0) is 31.5 Å². The van der Waals surface area contributed by atoms with Crippen molar-refractivity contribution in [2.24, 2.45) is 0 Å². The van der Waals surface area contributed by atoms with Gasteiger partial charge in [0, 0.05) is 0 Å². The normalized spacial score (nSPS) is 12.3. The lowest BCUT2D eigenvalue weighted by Gasteiger charge is -2.07. The summed E-state index contributed by atoms with van der Waals surface area (Å²) in [6.45, 7) is 3.31. The highest BCUT2D eigenvalue weighted by Crippen LogP contribution is 2.15. The van der Waals surface area contributed by atoms with Gasteiger partial charge in [-0.3, -0.25) is 4.79 Å². The van der Waals surface area contributed by atoms with E-state index >= 15 is 0 Å². The van der Waals surface area contributed by atoms with E-state index in [2.05, 4.69) is 5.32 Å². The smallest absolute Gasteiger partial charge is 0.242 e. The first-order valence-electron chi connectivity index (χ1n) is 4.22. The minimum atomic E-state index is -0.671. The predicted molar refractivity (Wildman–Crippen MR) is 55.1 cm³/mol. The molecule has 0 aliphatic heterocycles. The minimum absolute atomic E-state index is 0.160. The van der Waals surface area contributed by atoms with Gasteiger partial charge in [0.25, 0.3) is 0 Å². The van der Waals surface area contributed by atoms with Crippen molar-refractivity contribution in [3.8, 4) is 0 Å². The summed E-state index contributed by atoms with van der Waals surface area (Å²) in [5, 5.41) is 1.72. The van der Waals surface area contributed by atoms with Gasteiger partial charge in [0.15, 0.2) is 0 Å². The number of alkyl halides is 1. The number of halogens is 2. The monoisotopic (exact) mass is 215 g/mol. The zero-order chi connectivity index (χ0) is 10.7. The van der Waals surface area contributed by atoms with Crippen molar-refractivity contribution in [2.45, 2.75) is 19.2 Å². The molecule has 1 atom stereocenters. The SMILES string of the molecule is Cc1ccc(NC(=O)[C@H](C)Cl)c(F)c1. The lowest BCUT2D eigenvalue weighted by Crippen LogP contribution is -2.20. The van der Waals surface area contributed by atoms with E-state index in [1.165, 1.54) is 19.1 Å². The van der Waals surface area contributed by atoms with E-state index in [0.29, 0.717) is 0 Å². The van der Waals surface area contributed by atoms with Crippen LogP contribution in [-0.4, -0.2) is 11.3 Å². The van der Waals surface area contributed by atoms with Crippen LogP contribution in [0.2, 0.25) is 0 Å². The summed E-state index contributed by atoms with van der Waals surface area (Å²) in [5.41, 5.74) is 0.965. The topological polar surface area (TPSA) is 29.1 Å². The van der Waals surface area contributed by atoms with Crippen molar-refractivity contribution in [1.82, 2.24) is 0 Å². The van der Waals surface area contributed by atoms with Crippen LogP contribution >= 0.6 is 11.6 Å². The summed E-state index contributed by atoms with van der Waals surface area (Å²) in [7, 11) is 0. The molecule has 14 heavy (non-hydrogen) atoms. The fourth-order valence-electron chi connectivity index (χ4n) is 0.954. The third kappa shape index (κ3) is 2.70. The highest BCUT2D eigenvalue weighted by atomic mass is 35.5. The Kier molecular flexibility index (Phi) is 3.47. The van der Waals surface area contributed by atoms with Crippen molar-refractivity contribution in [2.75, 3.05) is 5.32 Å². The molecule has 0 unspecified atom stereocenters. The number of rotatable bonds is 2. The molecule has 0 bridgehead atoms. The van der Waals surface area contributed by atoms with Crippen LogP contribution in [-0.2, 0) is 4.79 Å². The number of carbonyl (C=O) groups excluding carboxylic acids is 1. The third-order valence-electron chi connectivity index (χ3n) is 1.74. The van der Waals surface area contributed by atoms with Gasteiger partial charge in [-0.2, -0.15) is 0 Å². The molecule has 1 aromatic rings. The number of carbonyl (C=O) groups is 1. The Balaban J connectivity index is 2.82. The lowest BCUT2D eigenvalue weighted by atomic mass is 10.2. The van der Waals surface area contributed by atoms with Crippen molar-refractivity contribution >= 4 is 23.2 Å². The number of anilines is 1. The second-order valence-corrected chi connectivity index (χ2v) is 3.74. The van der Waals surface area contributed by atoms with E-state index in [4.69, 9.17) is 11.6 Å². The number of nitrogens with one attached hydrogen (secondary N) is 1. The lowest BCUT2D eigenvalue weighted by molar-refractivity contribution is -0.115. The molecule has 1 amide bonds. The van der Waals surface area contributed by atoms with E-state index < -0.39 is 17.1 Å². The van der Waals surface area contributed by atoms with Crippen LogP contribution < -0.4 is 5.32 Å². The third-order valence-corrected chi connectivity index (χ3v) is 1.94. The van der Waals surface area contributed by atoms with Gasteiger partial charge in [0.05, 0.1) is 5.69 Å². The summed E-state index contributed by atoms with van der Waals surface area (Å²) in [5.74, 6) is -0.856. The Morgan fingerprint density at radius 2 is 2.21 bits per heavy atom. The first-order chi connectivity index (χ1) is 6.50. The standard InChI is InChI=1S/C10H11ClFNO/c1-6-3-4-9(8(12)5-6)13-10(14)7(2)11/h3-5,7H,1-2H3,(H,13,14)/t7-/m0/s1. The summed E-state index contributed by atoms with van der Waals surface area (Å²) >= 11 is 5.53. The number of aryl methyl sites for hydroxylation is 1. The van der Waals surface area contributed by atoms with Gasteiger partial charge >= 0.3 is 0 Å². The fourth-order valence-corrected chi connectivity index (χ4v) is 1.01. The molecule has 0 radical (unpaired) electrons. The molecule has 1 N–H and O–H groups in total. The summed E-state index contributed by atoms with van der Waals surface area (Å²) in [6.07, 6.45) is 0. The zero-order valence-electron chi connectivity index (χ0n) is 7.97. The van der Waals surface area contributed by atoms with Crippen LogP contribution in [0.3, 0.4) is 0 Å². The molecule has 76 valence electrons. The Labute approximate surface area is 87.1 Å². The van der Waals surface area contributed by atoms with Crippen molar-refractivity contribution in [3.63, 3.8) is 0 Å². The molecule has 0 fully saturated rings.